The fourth-order valence-corrected chi connectivity index (χ4v) is 3.16. The molecule has 0 aromatic rings. The summed E-state index contributed by atoms with van der Waals surface area (Å²) in [4.78, 5) is 23.7. The molecule has 0 aromatic carbocycles. The van der Waals surface area contributed by atoms with Gasteiger partial charge in [-0.3, -0.25) is 15.5 Å². The van der Waals surface area contributed by atoms with Crippen LogP contribution in [0, 0.1) is 23.7 Å². The first-order valence-electron chi connectivity index (χ1n) is 8.78. The minimum Gasteiger partial charge on any atom is -0.487 e. The van der Waals surface area contributed by atoms with E-state index in [1.54, 1.807) is 6.92 Å². The van der Waals surface area contributed by atoms with E-state index in [-0.39, 0.29) is 82.7 Å². The third-order valence-electron chi connectivity index (χ3n) is 4.72. The monoisotopic (exact) mass is 396 g/mol. The number of hydrogen-bond acceptors (Lipinski definition) is 4. The maximum atomic E-state index is 12.0. The third kappa shape index (κ3) is 7.58. The Bertz CT molecular complexity index is 359. The first kappa shape index (κ1) is 23.6. The predicted molar refractivity (Wildman–Crippen MR) is 86.0 cm³/mol. The van der Waals surface area contributed by atoms with Gasteiger partial charge in [0.15, 0.2) is 5.97 Å². The molecule has 1 aliphatic carbocycles. The van der Waals surface area contributed by atoms with E-state index >= 15 is 0 Å². The maximum absolute atomic E-state index is 12.0. The van der Waals surface area contributed by atoms with Gasteiger partial charge in [-0.1, -0.05) is 40.0 Å². The summed E-state index contributed by atoms with van der Waals surface area (Å²) in [6.45, 7) is 8.40. The van der Waals surface area contributed by atoms with Gasteiger partial charge in [0.1, 0.15) is 6.61 Å². The molecule has 1 aliphatic heterocycles. The molecule has 23 heavy (non-hydrogen) atoms. The van der Waals surface area contributed by atoms with E-state index in [9.17, 15) is 9.59 Å². The second-order valence-corrected chi connectivity index (χ2v) is 6.10. The van der Waals surface area contributed by atoms with Gasteiger partial charge in [-0.15, -0.1) is 0 Å². The molecule has 0 radical (unpaired) electrons. The van der Waals surface area contributed by atoms with Gasteiger partial charge in [0.05, 0.1) is 12.5 Å². The second kappa shape index (κ2) is 12.9. The molecule has 3 unspecified atom stereocenters. The van der Waals surface area contributed by atoms with Crippen LogP contribution in [-0.2, 0) is 19.1 Å². The number of cyclic esters (lactones) is 1. The molecule has 1 saturated carbocycles. The minimum absolute atomic E-state index is 0. The van der Waals surface area contributed by atoms with E-state index in [2.05, 4.69) is 0 Å². The van der Waals surface area contributed by atoms with Crippen molar-refractivity contribution >= 4 is 11.9 Å². The normalized spacial score (nSPS) is 26.3. The Morgan fingerprint density at radius 3 is 2.48 bits per heavy atom. The number of rotatable bonds is 4. The first-order valence-corrected chi connectivity index (χ1v) is 8.78. The molecule has 5 heteroatoms. The zero-order chi connectivity index (χ0) is 16.5. The fraction of sp³-hybridized carbons (Fsp3) is 0.833. The molecule has 1 heterocycles. The molecule has 0 N–H and O–H groups in total. The summed E-state index contributed by atoms with van der Waals surface area (Å²) in [7, 11) is 0. The maximum Gasteiger partial charge on any atom is 1.00 e. The van der Waals surface area contributed by atoms with Crippen LogP contribution in [0.4, 0.5) is 0 Å². The topological polar surface area (TPSA) is 52.6 Å². The smallest absolute Gasteiger partial charge is 0.487 e. The van der Waals surface area contributed by atoms with E-state index in [0.717, 1.165) is 12.8 Å². The van der Waals surface area contributed by atoms with Crippen molar-refractivity contribution in [3.8, 4) is 0 Å². The average Bonchev–Trinajstić information content (AvgIpc) is 2.73. The van der Waals surface area contributed by atoms with Gasteiger partial charge < -0.3 is 9.47 Å². The van der Waals surface area contributed by atoms with E-state index in [0.29, 0.717) is 30.8 Å². The Kier molecular flexibility index (Phi) is 13.2. The zero-order valence-corrected chi connectivity index (χ0v) is 20.4. The molecule has 0 amide bonds. The van der Waals surface area contributed by atoms with Crippen LogP contribution in [0.3, 0.4) is 0 Å². The Labute approximate surface area is 190 Å². The van der Waals surface area contributed by atoms with Crippen molar-refractivity contribution in [2.75, 3.05) is 13.2 Å². The Morgan fingerprint density at radius 1 is 1.26 bits per heavy atom. The molecule has 2 rings (SSSR count). The van der Waals surface area contributed by atoms with Gasteiger partial charge in [-0.25, -0.2) is 0 Å². The number of ether oxygens (including phenoxy) is 2. The Morgan fingerprint density at radius 2 is 1.87 bits per heavy atom. The molecule has 2 aliphatic rings. The number of carbonyl (C=O) groups is 2. The summed E-state index contributed by atoms with van der Waals surface area (Å²) in [5.41, 5.74) is 0. The van der Waals surface area contributed by atoms with Crippen molar-refractivity contribution in [3.05, 3.63) is 5.92 Å². The largest absolute Gasteiger partial charge is 1.00 e. The summed E-state index contributed by atoms with van der Waals surface area (Å²) >= 11 is 0. The summed E-state index contributed by atoms with van der Waals surface area (Å²) in [6.07, 6.45) is 6.30. The van der Waals surface area contributed by atoms with E-state index < -0.39 is 0 Å². The van der Waals surface area contributed by atoms with Gasteiger partial charge in [-0.05, 0) is 24.7 Å². The summed E-state index contributed by atoms with van der Waals surface area (Å²) in [5.74, 6) is 0.998. The quantitative estimate of drug-likeness (QED) is 0.524. The molecule has 0 spiro atoms. The van der Waals surface area contributed by atoms with Gasteiger partial charge in [0.2, 0.25) is 0 Å². The van der Waals surface area contributed by atoms with Crippen molar-refractivity contribution in [1.29, 1.82) is 0 Å². The average molecular weight is 397 g/mol. The summed E-state index contributed by atoms with van der Waals surface area (Å²) < 4.78 is 10.6. The second-order valence-electron chi connectivity index (χ2n) is 6.10. The molecule has 1 saturated heterocycles. The van der Waals surface area contributed by atoms with E-state index in [1.165, 1.54) is 19.3 Å². The number of carbonyl (C=O) groups excluding carboxylic acids is 2. The SMILES string of the molecule is CC.CC[C-](C)C(=O)OCC1CC2CCCCC2COC1=O.[Rb+]. The van der Waals surface area contributed by atoms with Gasteiger partial charge >= 0.3 is 64.2 Å². The molecule has 0 aromatic heterocycles. The molecular weight excluding hydrogens is 366 g/mol. The van der Waals surface area contributed by atoms with Crippen LogP contribution >= 0.6 is 0 Å². The minimum atomic E-state index is -0.287. The molecule has 0 bridgehead atoms. The van der Waals surface area contributed by atoms with Crippen LogP contribution in [0.15, 0.2) is 0 Å². The van der Waals surface area contributed by atoms with E-state index in [4.69, 9.17) is 9.47 Å². The molecule has 128 valence electrons. The van der Waals surface area contributed by atoms with Crippen molar-refractivity contribution in [3.63, 3.8) is 0 Å². The van der Waals surface area contributed by atoms with E-state index in [1.807, 2.05) is 20.8 Å². The zero-order valence-electron chi connectivity index (χ0n) is 15.5. The Hall–Kier alpha value is 0.615. The van der Waals surface area contributed by atoms with Crippen molar-refractivity contribution in [1.82, 2.24) is 0 Å². The molecule has 2 fully saturated rings. The molecule has 4 nitrogen and oxygen atoms in total. The number of hydrogen-bond donors (Lipinski definition) is 0. The number of esters is 2. The number of fused-ring (bicyclic) bond motifs is 1. The van der Waals surface area contributed by atoms with Crippen LogP contribution in [0.2, 0.25) is 0 Å². The van der Waals surface area contributed by atoms with Crippen molar-refractivity contribution in [2.24, 2.45) is 17.8 Å². The van der Waals surface area contributed by atoms with Crippen LogP contribution in [0.5, 0.6) is 0 Å². The van der Waals surface area contributed by atoms with Crippen LogP contribution in [-0.4, -0.2) is 25.2 Å². The van der Waals surface area contributed by atoms with Crippen LogP contribution in [0.25, 0.3) is 0 Å². The molecule has 3 atom stereocenters. The third-order valence-corrected chi connectivity index (χ3v) is 4.72. The Balaban J connectivity index is 0.00000155. The fourth-order valence-electron chi connectivity index (χ4n) is 3.16. The van der Waals surface area contributed by atoms with Crippen molar-refractivity contribution in [2.45, 2.75) is 66.2 Å². The predicted octanol–water partition coefficient (Wildman–Crippen LogP) is 0.934. The summed E-state index contributed by atoms with van der Waals surface area (Å²) in [6, 6.07) is 0. The van der Waals surface area contributed by atoms with Crippen LogP contribution in [0.1, 0.15) is 66.2 Å². The van der Waals surface area contributed by atoms with Gasteiger partial charge in [-0.2, -0.15) is 13.3 Å². The van der Waals surface area contributed by atoms with Crippen molar-refractivity contribution < 1.29 is 77.3 Å². The molecular formula is C18H31O4Rb. The first-order chi connectivity index (χ1) is 10.6. The van der Waals surface area contributed by atoms with Gasteiger partial charge in [0, 0.05) is 0 Å². The van der Waals surface area contributed by atoms with Gasteiger partial charge in [0.25, 0.3) is 0 Å². The summed E-state index contributed by atoms with van der Waals surface area (Å²) in [5, 5.41) is 0. The van der Waals surface area contributed by atoms with Crippen LogP contribution < -0.4 is 58.2 Å². The standard InChI is InChI=1S/C16H25O4.C2H6.Rb/c1-3-11(2)15(17)19-10-14-8-12-6-4-5-7-13(12)9-20-16(14)18;1-2;/h12-14H,3-10H2,1-2H3;1-2H3;/q-1;;+1.